The number of hydrogen-bond acceptors (Lipinski definition) is 3. The molecule has 1 heterocycles. The first-order chi connectivity index (χ1) is 8.10. The number of benzene rings is 1. The van der Waals surface area contributed by atoms with E-state index in [1.165, 1.54) is 0 Å². The van der Waals surface area contributed by atoms with Crippen molar-refractivity contribution in [1.29, 1.82) is 0 Å². The van der Waals surface area contributed by atoms with Crippen LogP contribution in [0.25, 0.3) is 0 Å². The topological polar surface area (TPSA) is 83.8 Å². The maximum absolute atomic E-state index is 12.0. The van der Waals surface area contributed by atoms with Gasteiger partial charge in [-0.05, 0) is 12.5 Å². The number of nitrogens with two attached hydrogens (primary N) is 1. The van der Waals surface area contributed by atoms with Gasteiger partial charge in [0.2, 0.25) is 5.95 Å². The molecule has 0 spiro atoms. The van der Waals surface area contributed by atoms with Crippen LogP contribution < -0.4 is 11.1 Å². The minimum atomic E-state index is -1.09. The molecule has 88 valence electrons. The molecule has 0 fully saturated rings. The molecule has 4 N–H and O–H groups in total. The number of nitrogens with zero attached hydrogens (tertiary/aromatic N) is 1. The second kappa shape index (κ2) is 4.39. The van der Waals surface area contributed by atoms with Crippen molar-refractivity contribution in [3.8, 4) is 0 Å². The highest BCUT2D eigenvalue weighted by Gasteiger charge is 2.30. The van der Waals surface area contributed by atoms with Crippen LogP contribution in [0.15, 0.2) is 42.7 Å². The Morgan fingerprint density at radius 3 is 2.71 bits per heavy atom. The van der Waals surface area contributed by atoms with Gasteiger partial charge in [0, 0.05) is 12.4 Å². The SMILES string of the molecule is CC(N)(C(=O)Nc1ncc[nH]1)c1ccccc1. The Hall–Kier alpha value is -2.14. The van der Waals surface area contributed by atoms with Crippen LogP contribution in [0, 0.1) is 0 Å². The lowest BCUT2D eigenvalue weighted by atomic mass is 9.92. The average molecular weight is 230 g/mol. The summed E-state index contributed by atoms with van der Waals surface area (Å²) in [4.78, 5) is 18.7. The van der Waals surface area contributed by atoms with Gasteiger partial charge in [-0.25, -0.2) is 4.98 Å². The first-order valence-electron chi connectivity index (χ1n) is 5.26. The van der Waals surface area contributed by atoms with E-state index in [1.807, 2.05) is 30.3 Å². The summed E-state index contributed by atoms with van der Waals surface area (Å²) in [5, 5.41) is 2.63. The summed E-state index contributed by atoms with van der Waals surface area (Å²) in [6, 6.07) is 9.22. The quantitative estimate of drug-likeness (QED) is 0.741. The summed E-state index contributed by atoms with van der Waals surface area (Å²) in [5.74, 6) is 0.0845. The smallest absolute Gasteiger partial charge is 0.251 e. The van der Waals surface area contributed by atoms with Gasteiger partial charge in [-0.15, -0.1) is 0 Å². The van der Waals surface area contributed by atoms with Gasteiger partial charge in [-0.2, -0.15) is 0 Å². The minimum absolute atomic E-state index is 0.307. The molecule has 1 unspecified atom stereocenters. The third kappa shape index (κ3) is 2.34. The van der Waals surface area contributed by atoms with Crippen LogP contribution in [0.2, 0.25) is 0 Å². The van der Waals surface area contributed by atoms with E-state index in [0.717, 1.165) is 5.56 Å². The van der Waals surface area contributed by atoms with Crippen LogP contribution in [0.4, 0.5) is 5.95 Å². The van der Waals surface area contributed by atoms with Crippen molar-refractivity contribution in [2.24, 2.45) is 5.73 Å². The first kappa shape index (κ1) is 11.3. The fourth-order valence-corrected chi connectivity index (χ4v) is 1.49. The second-order valence-electron chi connectivity index (χ2n) is 3.96. The molecule has 1 aromatic carbocycles. The van der Waals surface area contributed by atoms with Crippen LogP contribution in [0.3, 0.4) is 0 Å². The zero-order valence-electron chi connectivity index (χ0n) is 9.47. The summed E-state index contributed by atoms with van der Waals surface area (Å²) < 4.78 is 0. The molecule has 0 aliphatic carbocycles. The highest BCUT2D eigenvalue weighted by atomic mass is 16.2. The standard InChI is InChI=1S/C12H14N4O/c1-12(13,9-5-3-2-4-6-9)10(17)16-11-14-7-8-15-11/h2-8H,13H2,1H3,(H2,14,15,16,17). The lowest BCUT2D eigenvalue weighted by Crippen LogP contribution is -2.45. The molecule has 0 radical (unpaired) electrons. The number of amides is 1. The number of carbonyl (C=O) groups is 1. The fraction of sp³-hybridized carbons (Fsp3) is 0.167. The van der Waals surface area contributed by atoms with E-state index in [9.17, 15) is 4.79 Å². The summed E-state index contributed by atoms with van der Waals surface area (Å²) >= 11 is 0. The number of aromatic nitrogens is 2. The van der Waals surface area contributed by atoms with E-state index < -0.39 is 5.54 Å². The zero-order chi connectivity index (χ0) is 12.3. The van der Waals surface area contributed by atoms with Crippen molar-refractivity contribution < 1.29 is 4.79 Å². The highest BCUT2D eigenvalue weighted by Crippen LogP contribution is 2.18. The molecule has 5 heteroatoms. The van der Waals surface area contributed by atoms with Crippen molar-refractivity contribution in [3.05, 3.63) is 48.3 Å². The average Bonchev–Trinajstić information content (AvgIpc) is 2.83. The van der Waals surface area contributed by atoms with Crippen LogP contribution in [-0.4, -0.2) is 15.9 Å². The molecule has 0 aliphatic rings. The summed E-state index contributed by atoms with van der Waals surface area (Å²) in [7, 11) is 0. The number of aromatic amines is 1. The number of carbonyl (C=O) groups excluding carboxylic acids is 1. The van der Waals surface area contributed by atoms with Gasteiger partial charge in [0.05, 0.1) is 0 Å². The lowest BCUT2D eigenvalue weighted by Gasteiger charge is -2.23. The second-order valence-corrected chi connectivity index (χ2v) is 3.96. The van der Waals surface area contributed by atoms with Gasteiger partial charge in [0.25, 0.3) is 5.91 Å². The number of anilines is 1. The van der Waals surface area contributed by atoms with Crippen LogP contribution in [0.1, 0.15) is 12.5 Å². The fourth-order valence-electron chi connectivity index (χ4n) is 1.49. The molecule has 2 aromatic rings. The molecule has 1 aromatic heterocycles. The number of imidazole rings is 1. The van der Waals surface area contributed by atoms with E-state index in [1.54, 1.807) is 19.3 Å². The van der Waals surface area contributed by atoms with Crippen LogP contribution in [-0.2, 0) is 10.3 Å². The van der Waals surface area contributed by atoms with E-state index in [0.29, 0.717) is 5.95 Å². The van der Waals surface area contributed by atoms with Crippen molar-refractivity contribution in [3.63, 3.8) is 0 Å². The van der Waals surface area contributed by atoms with Gasteiger partial charge in [-0.3, -0.25) is 10.1 Å². The molecule has 0 saturated carbocycles. The lowest BCUT2D eigenvalue weighted by molar-refractivity contribution is -0.120. The Balaban J connectivity index is 2.18. The monoisotopic (exact) mass is 230 g/mol. The maximum atomic E-state index is 12.0. The predicted molar refractivity (Wildman–Crippen MR) is 65.2 cm³/mol. The molecule has 1 atom stereocenters. The molecule has 0 saturated heterocycles. The van der Waals surface area contributed by atoms with Gasteiger partial charge in [0.15, 0.2) is 0 Å². The molecule has 17 heavy (non-hydrogen) atoms. The minimum Gasteiger partial charge on any atom is -0.331 e. The normalized spacial score (nSPS) is 14.0. The third-order valence-corrected chi connectivity index (χ3v) is 2.58. The van der Waals surface area contributed by atoms with Gasteiger partial charge < -0.3 is 10.7 Å². The van der Waals surface area contributed by atoms with E-state index >= 15 is 0 Å². The Morgan fingerprint density at radius 2 is 2.12 bits per heavy atom. The van der Waals surface area contributed by atoms with Gasteiger partial charge in [-0.1, -0.05) is 30.3 Å². The molecule has 2 rings (SSSR count). The number of H-pyrrole nitrogens is 1. The predicted octanol–water partition coefficient (Wildman–Crippen LogP) is 1.22. The largest absolute Gasteiger partial charge is 0.331 e. The van der Waals surface area contributed by atoms with Crippen molar-refractivity contribution in [2.45, 2.75) is 12.5 Å². The van der Waals surface area contributed by atoms with E-state index in [2.05, 4.69) is 15.3 Å². The van der Waals surface area contributed by atoms with Crippen LogP contribution in [0.5, 0.6) is 0 Å². The van der Waals surface area contributed by atoms with Crippen molar-refractivity contribution in [1.82, 2.24) is 9.97 Å². The molecule has 0 bridgehead atoms. The Labute approximate surface area is 99.1 Å². The van der Waals surface area contributed by atoms with Gasteiger partial charge >= 0.3 is 0 Å². The molecular weight excluding hydrogens is 216 g/mol. The summed E-state index contributed by atoms with van der Waals surface area (Å²) in [6.45, 7) is 1.67. The van der Waals surface area contributed by atoms with E-state index in [-0.39, 0.29) is 5.91 Å². The molecular formula is C12H14N4O. The third-order valence-electron chi connectivity index (χ3n) is 2.58. The first-order valence-corrected chi connectivity index (χ1v) is 5.26. The molecule has 5 nitrogen and oxygen atoms in total. The summed E-state index contributed by atoms with van der Waals surface area (Å²) in [5.41, 5.74) is 5.71. The highest BCUT2D eigenvalue weighted by molar-refractivity contribution is 5.97. The molecule has 0 aliphatic heterocycles. The van der Waals surface area contributed by atoms with Crippen molar-refractivity contribution in [2.75, 3.05) is 5.32 Å². The van der Waals surface area contributed by atoms with Gasteiger partial charge in [0.1, 0.15) is 5.54 Å². The number of hydrogen-bond donors (Lipinski definition) is 3. The maximum Gasteiger partial charge on any atom is 0.251 e. The summed E-state index contributed by atoms with van der Waals surface area (Å²) in [6.07, 6.45) is 3.19. The number of rotatable bonds is 3. The van der Waals surface area contributed by atoms with Crippen LogP contribution >= 0.6 is 0 Å². The van der Waals surface area contributed by atoms with E-state index in [4.69, 9.17) is 5.73 Å². The Morgan fingerprint density at radius 1 is 1.41 bits per heavy atom. The van der Waals surface area contributed by atoms with Crippen molar-refractivity contribution >= 4 is 11.9 Å². The number of nitrogens with one attached hydrogen (secondary N) is 2. The Kier molecular flexibility index (Phi) is 2.93. The molecule has 1 amide bonds. The zero-order valence-corrected chi connectivity index (χ0v) is 9.47. The Bertz CT molecular complexity index is 490.